The summed E-state index contributed by atoms with van der Waals surface area (Å²) in [5.74, 6) is -1.04. The number of hydrogen-bond acceptors (Lipinski definition) is 5. The van der Waals surface area contributed by atoms with Crippen LogP contribution in [0.2, 0.25) is 0 Å². The van der Waals surface area contributed by atoms with E-state index >= 15 is 0 Å². The third-order valence-corrected chi connectivity index (χ3v) is 3.84. The predicted molar refractivity (Wildman–Crippen MR) is 91.4 cm³/mol. The second-order valence-electron chi connectivity index (χ2n) is 5.51. The van der Waals surface area contributed by atoms with Crippen LogP contribution in [-0.2, 0) is 9.59 Å². The van der Waals surface area contributed by atoms with Gasteiger partial charge in [0.25, 0.3) is 0 Å². The first-order valence-corrected chi connectivity index (χ1v) is 8.22. The molecule has 0 spiro atoms. The summed E-state index contributed by atoms with van der Waals surface area (Å²) >= 11 is 1.47. The van der Waals surface area contributed by atoms with E-state index in [1.54, 1.807) is 19.1 Å². The summed E-state index contributed by atoms with van der Waals surface area (Å²) < 4.78 is 0. The molecule has 0 saturated heterocycles. The number of rotatable bonds is 6. The molecule has 1 rings (SSSR count). The highest BCUT2D eigenvalue weighted by molar-refractivity contribution is 7.98. The van der Waals surface area contributed by atoms with Crippen LogP contribution in [0.5, 0.6) is 0 Å². The monoisotopic (exact) mass is 325 g/mol. The molecule has 2 amide bonds. The fraction of sp³-hybridized carbons (Fsp3) is 0.467. The van der Waals surface area contributed by atoms with Crippen LogP contribution >= 0.6 is 11.8 Å². The molecule has 0 aliphatic rings. The number of thioether (sulfide) groups is 1. The number of nitrogens with one attached hydrogen (secondary N) is 2. The smallest absolute Gasteiger partial charge is 0.313 e. The van der Waals surface area contributed by atoms with Gasteiger partial charge in [-0.15, -0.1) is 0 Å². The van der Waals surface area contributed by atoms with Crippen molar-refractivity contribution in [1.29, 1.82) is 0 Å². The molecule has 0 aromatic heterocycles. The zero-order valence-electron chi connectivity index (χ0n) is 13.3. The standard InChI is InChI=1S/C15H23N3O3S/c1-15(21,10-22-4)9-16-13(19)14(20)17-11-5-7-12(8-6-11)18(2)3/h5-8,21H,9-10H2,1-4H3,(H,16,19)(H,17,20)/t15-/m0/s1. The molecule has 0 aliphatic heterocycles. The minimum atomic E-state index is -1.04. The third-order valence-electron chi connectivity index (χ3n) is 2.93. The maximum absolute atomic E-state index is 11.8. The second-order valence-corrected chi connectivity index (χ2v) is 6.37. The Kier molecular flexibility index (Phi) is 6.70. The Labute approximate surface area is 135 Å². The van der Waals surface area contributed by atoms with Crippen molar-refractivity contribution < 1.29 is 14.7 Å². The maximum Gasteiger partial charge on any atom is 0.313 e. The van der Waals surface area contributed by atoms with Gasteiger partial charge in [-0.1, -0.05) is 0 Å². The molecule has 6 nitrogen and oxygen atoms in total. The SMILES string of the molecule is CSC[C@@](C)(O)CNC(=O)C(=O)Nc1ccc(N(C)C)cc1. The van der Waals surface area contributed by atoms with Crippen molar-refractivity contribution in [2.75, 3.05) is 42.9 Å². The first kappa shape index (κ1) is 18.3. The van der Waals surface area contributed by atoms with E-state index in [4.69, 9.17) is 0 Å². The zero-order valence-corrected chi connectivity index (χ0v) is 14.2. The van der Waals surface area contributed by atoms with E-state index in [9.17, 15) is 14.7 Å². The van der Waals surface area contributed by atoms with E-state index in [-0.39, 0.29) is 6.54 Å². The van der Waals surface area contributed by atoms with E-state index in [0.29, 0.717) is 11.4 Å². The van der Waals surface area contributed by atoms with Gasteiger partial charge in [-0.3, -0.25) is 9.59 Å². The molecule has 0 heterocycles. The molecular weight excluding hydrogens is 302 g/mol. The van der Waals surface area contributed by atoms with Gasteiger partial charge in [0.2, 0.25) is 0 Å². The largest absolute Gasteiger partial charge is 0.387 e. The Morgan fingerprint density at radius 2 is 1.82 bits per heavy atom. The molecule has 0 fully saturated rings. The summed E-state index contributed by atoms with van der Waals surface area (Å²) in [6.45, 7) is 1.64. The third kappa shape index (κ3) is 5.95. The molecule has 0 radical (unpaired) electrons. The van der Waals surface area contributed by atoms with Crippen LogP contribution in [0.3, 0.4) is 0 Å². The number of amides is 2. The summed E-state index contributed by atoms with van der Waals surface area (Å²) in [6, 6.07) is 7.14. The molecule has 0 unspecified atom stereocenters. The lowest BCUT2D eigenvalue weighted by Crippen LogP contribution is -2.45. The van der Waals surface area contributed by atoms with E-state index < -0.39 is 17.4 Å². The van der Waals surface area contributed by atoms with E-state index in [2.05, 4.69) is 10.6 Å². The number of carbonyl (C=O) groups is 2. The van der Waals surface area contributed by atoms with Crippen LogP contribution in [0, 0.1) is 0 Å². The summed E-state index contributed by atoms with van der Waals surface area (Å²) in [5, 5.41) is 14.9. The lowest BCUT2D eigenvalue weighted by Gasteiger charge is -2.22. The van der Waals surface area contributed by atoms with Crippen LogP contribution in [0.15, 0.2) is 24.3 Å². The quantitative estimate of drug-likeness (QED) is 0.678. The van der Waals surface area contributed by atoms with Crippen molar-refractivity contribution in [1.82, 2.24) is 5.32 Å². The molecule has 1 aromatic carbocycles. The summed E-state index contributed by atoms with van der Waals surface area (Å²) in [6.07, 6.45) is 1.86. The highest BCUT2D eigenvalue weighted by Gasteiger charge is 2.22. The first-order valence-electron chi connectivity index (χ1n) is 6.83. The Morgan fingerprint density at radius 3 is 2.32 bits per heavy atom. The van der Waals surface area contributed by atoms with Crippen LogP contribution in [0.4, 0.5) is 11.4 Å². The van der Waals surface area contributed by atoms with Crippen molar-refractivity contribution in [2.24, 2.45) is 0 Å². The van der Waals surface area contributed by atoms with Crippen molar-refractivity contribution in [3.63, 3.8) is 0 Å². The molecule has 0 saturated carbocycles. The molecule has 3 N–H and O–H groups in total. The van der Waals surface area contributed by atoms with Crippen LogP contribution in [-0.4, -0.2) is 55.2 Å². The van der Waals surface area contributed by atoms with Gasteiger partial charge < -0.3 is 20.6 Å². The molecular formula is C15H23N3O3S. The Morgan fingerprint density at radius 1 is 1.23 bits per heavy atom. The number of hydrogen-bond donors (Lipinski definition) is 3. The average Bonchev–Trinajstić information content (AvgIpc) is 2.45. The first-order chi connectivity index (χ1) is 10.2. The fourth-order valence-corrected chi connectivity index (χ4v) is 2.47. The van der Waals surface area contributed by atoms with Crippen LogP contribution in [0.25, 0.3) is 0 Å². The average molecular weight is 325 g/mol. The topological polar surface area (TPSA) is 81.7 Å². The lowest BCUT2D eigenvalue weighted by atomic mass is 10.1. The molecule has 7 heteroatoms. The van der Waals surface area contributed by atoms with Crippen molar-refractivity contribution in [3.8, 4) is 0 Å². The van der Waals surface area contributed by atoms with Gasteiger partial charge in [0.15, 0.2) is 0 Å². The Hall–Kier alpha value is -1.73. The van der Waals surface area contributed by atoms with Gasteiger partial charge in [-0.2, -0.15) is 11.8 Å². The van der Waals surface area contributed by atoms with Crippen LogP contribution in [0.1, 0.15) is 6.92 Å². The lowest BCUT2D eigenvalue weighted by molar-refractivity contribution is -0.136. The van der Waals surface area contributed by atoms with Gasteiger partial charge in [-0.05, 0) is 37.4 Å². The van der Waals surface area contributed by atoms with Crippen molar-refractivity contribution >= 4 is 35.0 Å². The Bertz CT molecular complexity index is 515. The number of carbonyl (C=O) groups excluding carboxylic acids is 2. The maximum atomic E-state index is 11.8. The number of nitrogens with zero attached hydrogens (tertiary/aromatic N) is 1. The predicted octanol–water partition coefficient (Wildman–Crippen LogP) is 0.921. The summed E-state index contributed by atoms with van der Waals surface area (Å²) in [4.78, 5) is 25.4. The number of benzene rings is 1. The molecule has 0 aliphatic carbocycles. The van der Waals surface area contributed by atoms with Gasteiger partial charge >= 0.3 is 11.8 Å². The minimum Gasteiger partial charge on any atom is -0.387 e. The Balaban J connectivity index is 2.52. The molecule has 122 valence electrons. The summed E-state index contributed by atoms with van der Waals surface area (Å²) in [5.41, 5.74) is 0.500. The van der Waals surface area contributed by atoms with Gasteiger partial charge in [0, 0.05) is 37.8 Å². The molecule has 0 bridgehead atoms. The molecule has 1 aromatic rings. The highest BCUT2D eigenvalue weighted by Crippen LogP contribution is 2.15. The van der Waals surface area contributed by atoms with Gasteiger partial charge in [-0.25, -0.2) is 0 Å². The number of anilines is 2. The highest BCUT2D eigenvalue weighted by atomic mass is 32.2. The van der Waals surface area contributed by atoms with Crippen molar-refractivity contribution in [3.05, 3.63) is 24.3 Å². The number of aliphatic hydroxyl groups is 1. The van der Waals surface area contributed by atoms with Crippen LogP contribution < -0.4 is 15.5 Å². The van der Waals surface area contributed by atoms with E-state index in [0.717, 1.165) is 5.69 Å². The molecule has 1 atom stereocenters. The van der Waals surface area contributed by atoms with E-state index in [1.165, 1.54) is 11.8 Å². The van der Waals surface area contributed by atoms with Crippen molar-refractivity contribution in [2.45, 2.75) is 12.5 Å². The zero-order chi connectivity index (χ0) is 16.8. The summed E-state index contributed by atoms with van der Waals surface area (Å²) in [7, 11) is 3.84. The normalized spacial score (nSPS) is 13.1. The minimum absolute atomic E-state index is 0.0274. The van der Waals surface area contributed by atoms with E-state index in [1.807, 2.05) is 37.4 Å². The van der Waals surface area contributed by atoms with Gasteiger partial charge in [0.05, 0.1) is 5.60 Å². The fourth-order valence-electron chi connectivity index (χ4n) is 1.74. The second kappa shape index (κ2) is 8.05. The molecule has 22 heavy (non-hydrogen) atoms. The van der Waals surface area contributed by atoms with Gasteiger partial charge in [0.1, 0.15) is 0 Å².